The van der Waals surface area contributed by atoms with Gasteiger partial charge in [-0.3, -0.25) is 0 Å². The van der Waals surface area contributed by atoms with Gasteiger partial charge in [-0.1, -0.05) is 6.92 Å². The van der Waals surface area contributed by atoms with Gasteiger partial charge in [-0.05, 0) is 20.8 Å². The standard InChI is InChI=1S/C7H18N.C2H5O/c1-5-8(4,6-2)7-3;1-2-3/h5-7H2,1-4H3;2H2,1H3/q+1;-1. The lowest BCUT2D eigenvalue weighted by atomic mass is 10.4. The maximum Gasteiger partial charge on any atom is 0.0755 e. The fraction of sp³-hybridized carbons (Fsp3) is 1.00. The van der Waals surface area contributed by atoms with E-state index < -0.39 is 0 Å². The van der Waals surface area contributed by atoms with E-state index in [0.29, 0.717) is 0 Å². The molecule has 0 amide bonds. The van der Waals surface area contributed by atoms with E-state index in [1.807, 2.05) is 0 Å². The minimum atomic E-state index is 0. The summed E-state index contributed by atoms with van der Waals surface area (Å²) in [6.45, 7) is 12.1. The van der Waals surface area contributed by atoms with Gasteiger partial charge in [0.05, 0.1) is 26.7 Å². The van der Waals surface area contributed by atoms with Crippen LogP contribution >= 0.6 is 0 Å². The second-order valence-corrected chi connectivity index (χ2v) is 2.86. The van der Waals surface area contributed by atoms with Crippen molar-refractivity contribution in [2.45, 2.75) is 27.7 Å². The number of hydrogen-bond donors (Lipinski definition) is 0. The van der Waals surface area contributed by atoms with E-state index in [9.17, 15) is 0 Å². The summed E-state index contributed by atoms with van der Waals surface area (Å²) in [5.74, 6) is 0. The van der Waals surface area contributed by atoms with Crippen molar-refractivity contribution in [3.05, 3.63) is 0 Å². The Kier molecular flexibility index (Phi) is 9.85. The molecule has 11 heavy (non-hydrogen) atoms. The zero-order chi connectivity index (χ0) is 9.33. The van der Waals surface area contributed by atoms with E-state index >= 15 is 0 Å². The Bertz CT molecular complexity index is 61.7. The summed E-state index contributed by atoms with van der Waals surface area (Å²) in [7, 11) is 2.29. The second kappa shape index (κ2) is 8.02. The van der Waals surface area contributed by atoms with Crippen LogP contribution in [0.5, 0.6) is 0 Å². The van der Waals surface area contributed by atoms with Gasteiger partial charge in [0, 0.05) is 0 Å². The molecule has 0 radical (unpaired) electrons. The van der Waals surface area contributed by atoms with Crippen molar-refractivity contribution in [1.29, 1.82) is 0 Å². The molecule has 0 unspecified atom stereocenters. The zero-order valence-electron chi connectivity index (χ0n) is 8.68. The van der Waals surface area contributed by atoms with E-state index in [-0.39, 0.29) is 6.61 Å². The van der Waals surface area contributed by atoms with Crippen LogP contribution in [0.1, 0.15) is 27.7 Å². The monoisotopic (exact) mass is 161 g/mol. The maximum atomic E-state index is 8.93. The van der Waals surface area contributed by atoms with Crippen molar-refractivity contribution in [1.82, 2.24) is 0 Å². The van der Waals surface area contributed by atoms with Gasteiger partial charge in [-0.15, -0.1) is 6.61 Å². The molecule has 0 saturated carbocycles. The Balaban J connectivity index is 0. The van der Waals surface area contributed by atoms with Crippen LogP contribution < -0.4 is 5.11 Å². The summed E-state index contributed by atoms with van der Waals surface area (Å²) >= 11 is 0. The molecule has 0 atom stereocenters. The summed E-state index contributed by atoms with van der Waals surface area (Å²) in [5, 5.41) is 8.93. The van der Waals surface area contributed by atoms with Crippen LogP contribution in [0.4, 0.5) is 0 Å². The molecule has 0 aliphatic carbocycles. The largest absolute Gasteiger partial charge is 0.855 e. The van der Waals surface area contributed by atoms with Gasteiger partial charge in [0.25, 0.3) is 0 Å². The molecule has 0 aliphatic heterocycles. The van der Waals surface area contributed by atoms with Crippen LogP contribution in [0.2, 0.25) is 0 Å². The zero-order valence-corrected chi connectivity index (χ0v) is 8.68. The Hall–Kier alpha value is -0.0800. The van der Waals surface area contributed by atoms with Crippen molar-refractivity contribution in [2.24, 2.45) is 0 Å². The third kappa shape index (κ3) is 7.82. The fourth-order valence-corrected chi connectivity index (χ4v) is 0.671. The Morgan fingerprint density at radius 3 is 1.09 bits per heavy atom. The average Bonchev–Trinajstić information content (AvgIpc) is 2.05. The molecule has 0 spiro atoms. The molecule has 0 aliphatic rings. The second-order valence-electron chi connectivity index (χ2n) is 2.86. The number of hydrogen-bond acceptors (Lipinski definition) is 1. The Morgan fingerprint density at radius 2 is 1.09 bits per heavy atom. The molecule has 0 aromatic carbocycles. The Morgan fingerprint density at radius 1 is 0.909 bits per heavy atom. The van der Waals surface area contributed by atoms with Gasteiger partial charge in [0.2, 0.25) is 0 Å². The van der Waals surface area contributed by atoms with Crippen LogP contribution in [0.3, 0.4) is 0 Å². The van der Waals surface area contributed by atoms with E-state index in [1.54, 1.807) is 6.92 Å². The number of rotatable bonds is 3. The lowest BCUT2D eigenvalue weighted by molar-refractivity contribution is -0.904. The highest BCUT2D eigenvalue weighted by Crippen LogP contribution is 1.97. The SMILES string of the molecule is CC[N+](C)(CC)CC.CC[O-]. The first-order chi connectivity index (χ1) is 5.10. The van der Waals surface area contributed by atoms with Crippen molar-refractivity contribution >= 4 is 0 Å². The van der Waals surface area contributed by atoms with Crippen LogP contribution in [0.25, 0.3) is 0 Å². The average molecular weight is 161 g/mol. The molecule has 0 aromatic heterocycles. The highest BCUT2D eigenvalue weighted by Gasteiger charge is 2.10. The van der Waals surface area contributed by atoms with Crippen molar-refractivity contribution in [3.8, 4) is 0 Å². The first kappa shape index (κ1) is 13.5. The highest BCUT2D eigenvalue weighted by molar-refractivity contribution is 4.24. The molecule has 0 saturated heterocycles. The summed E-state index contributed by atoms with van der Waals surface area (Å²) in [4.78, 5) is 0. The van der Waals surface area contributed by atoms with Gasteiger partial charge in [-0.2, -0.15) is 0 Å². The van der Waals surface area contributed by atoms with Crippen molar-refractivity contribution < 1.29 is 9.59 Å². The van der Waals surface area contributed by atoms with Gasteiger partial charge in [0.1, 0.15) is 0 Å². The lowest BCUT2D eigenvalue weighted by Crippen LogP contribution is -2.42. The predicted octanol–water partition coefficient (Wildman–Crippen LogP) is 0.859. The minimum absolute atomic E-state index is 0. The first-order valence-electron chi connectivity index (χ1n) is 4.51. The van der Waals surface area contributed by atoms with Gasteiger partial charge >= 0.3 is 0 Å². The topological polar surface area (TPSA) is 23.1 Å². The molecule has 0 fully saturated rings. The van der Waals surface area contributed by atoms with Crippen LogP contribution in [0.15, 0.2) is 0 Å². The minimum Gasteiger partial charge on any atom is -0.855 e. The molecule has 0 heterocycles. The van der Waals surface area contributed by atoms with Crippen LogP contribution in [-0.2, 0) is 0 Å². The third-order valence-electron chi connectivity index (χ3n) is 2.29. The van der Waals surface area contributed by atoms with Crippen molar-refractivity contribution in [3.63, 3.8) is 0 Å². The van der Waals surface area contributed by atoms with E-state index in [0.717, 1.165) is 0 Å². The summed E-state index contributed by atoms with van der Waals surface area (Å²) in [6.07, 6.45) is 0. The van der Waals surface area contributed by atoms with Crippen LogP contribution in [0, 0.1) is 0 Å². The first-order valence-corrected chi connectivity index (χ1v) is 4.51. The molecule has 70 valence electrons. The molecule has 0 rings (SSSR count). The molecule has 2 nitrogen and oxygen atoms in total. The van der Waals surface area contributed by atoms with Gasteiger partial charge in [-0.25, -0.2) is 0 Å². The quantitative estimate of drug-likeness (QED) is 0.563. The normalized spacial score (nSPS) is 10.4. The molecule has 0 N–H and O–H groups in total. The summed E-state index contributed by atoms with van der Waals surface area (Å²) < 4.78 is 1.21. The molecule has 0 aromatic rings. The Labute approximate surface area is 71.4 Å². The number of nitrogens with zero attached hydrogens (tertiary/aromatic N) is 1. The predicted molar refractivity (Wildman–Crippen MR) is 48.3 cm³/mol. The number of quaternary nitrogens is 1. The van der Waals surface area contributed by atoms with E-state index in [4.69, 9.17) is 5.11 Å². The van der Waals surface area contributed by atoms with E-state index in [1.165, 1.54) is 24.1 Å². The smallest absolute Gasteiger partial charge is 0.0755 e. The summed E-state index contributed by atoms with van der Waals surface area (Å²) in [5.41, 5.74) is 0. The van der Waals surface area contributed by atoms with E-state index in [2.05, 4.69) is 27.8 Å². The van der Waals surface area contributed by atoms with Gasteiger partial charge < -0.3 is 9.59 Å². The fourth-order valence-electron chi connectivity index (χ4n) is 0.671. The third-order valence-corrected chi connectivity index (χ3v) is 2.29. The summed E-state index contributed by atoms with van der Waals surface area (Å²) in [6, 6.07) is 0. The highest BCUT2D eigenvalue weighted by atomic mass is 16.2. The van der Waals surface area contributed by atoms with Crippen LogP contribution in [-0.4, -0.2) is 37.8 Å². The van der Waals surface area contributed by atoms with Crippen molar-refractivity contribution in [2.75, 3.05) is 33.3 Å². The molecule has 2 heteroatoms. The molecular formula is C9H23NO. The lowest BCUT2D eigenvalue weighted by Gasteiger charge is -2.30. The maximum absolute atomic E-state index is 8.93. The van der Waals surface area contributed by atoms with Gasteiger partial charge in [0.15, 0.2) is 0 Å². The molecular weight excluding hydrogens is 138 g/mol. The molecule has 0 bridgehead atoms.